The zero-order valence-electron chi connectivity index (χ0n) is 22.5. The maximum Gasteiger partial charge on any atom is 0.341 e. The molecule has 1 fully saturated rings. The lowest BCUT2D eigenvalue weighted by Crippen LogP contribution is -2.35. The lowest BCUT2D eigenvalue weighted by molar-refractivity contribution is -0.0250. The van der Waals surface area contributed by atoms with Crippen molar-refractivity contribution >= 4 is 23.2 Å². The highest BCUT2D eigenvalue weighted by atomic mass is 16.5. The summed E-state index contributed by atoms with van der Waals surface area (Å²) in [5.74, 6) is -0.221. The predicted molar refractivity (Wildman–Crippen MR) is 147 cm³/mol. The zero-order chi connectivity index (χ0) is 28.6. The van der Waals surface area contributed by atoms with Crippen LogP contribution in [-0.2, 0) is 10.3 Å². The molecule has 4 aromatic rings. The summed E-state index contributed by atoms with van der Waals surface area (Å²) in [6.45, 7) is 1.45. The Labute approximate surface area is 230 Å². The topological polar surface area (TPSA) is 162 Å². The fourth-order valence-corrected chi connectivity index (χ4v) is 5.34. The van der Waals surface area contributed by atoms with Crippen molar-refractivity contribution in [3.63, 3.8) is 0 Å². The maximum absolute atomic E-state index is 12.7. The summed E-state index contributed by atoms with van der Waals surface area (Å²) in [5, 5.41) is 25.5. The molecule has 40 heavy (non-hydrogen) atoms. The number of nitrogens with two attached hydrogens (primary N) is 1. The van der Waals surface area contributed by atoms with Crippen LogP contribution in [0.1, 0.15) is 59.0 Å². The number of nitrogens with zero attached hydrogens (tertiary/aromatic N) is 4. The molecule has 1 saturated carbocycles. The second-order valence-electron chi connectivity index (χ2n) is 10.1. The molecule has 0 radical (unpaired) electrons. The fraction of sp³-hybridized carbons (Fsp3) is 0.345. The molecule has 0 aliphatic heterocycles. The number of fused-ring (bicyclic) bond motifs is 1. The van der Waals surface area contributed by atoms with Crippen LogP contribution in [0.25, 0.3) is 28.0 Å². The zero-order valence-corrected chi connectivity index (χ0v) is 22.5. The third kappa shape index (κ3) is 4.67. The summed E-state index contributed by atoms with van der Waals surface area (Å²) in [6, 6.07) is 8.79. The third-order valence-corrected chi connectivity index (χ3v) is 7.64. The summed E-state index contributed by atoms with van der Waals surface area (Å²) in [4.78, 5) is 34.2. The minimum atomic E-state index is -1.35. The number of hydrogen-bond donors (Lipinski definition) is 3. The maximum atomic E-state index is 12.7. The number of anilines is 1. The van der Waals surface area contributed by atoms with Gasteiger partial charge in [-0.2, -0.15) is 9.61 Å². The molecular weight excluding hydrogens is 514 g/mol. The summed E-state index contributed by atoms with van der Waals surface area (Å²) in [6.07, 6.45) is 5.19. The fourth-order valence-electron chi connectivity index (χ4n) is 5.34. The summed E-state index contributed by atoms with van der Waals surface area (Å²) >= 11 is 0. The van der Waals surface area contributed by atoms with Gasteiger partial charge in [-0.05, 0) is 62.8 Å². The molecule has 0 saturated heterocycles. The van der Waals surface area contributed by atoms with E-state index in [2.05, 4.69) is 10.1 Å². The Morgan fingerprint density at radius 3 is 2.45 bits per heavy atom. The lowest BCUT2D eigenvalue weighted by Gasteiger charge is -2.36. The van der Waals surface area contributed by atoms with Gasteiger partial charge in [0.25, 0.3) is 0 Å². The molecule has 208 valence electrons. The molecule has 5 rings (SSSR count). The quantitative estimate of drug-likeness (QED) is 0.232. The Balaban J connectivity index is 1.56. The number of pyridine rings is 1. The number of nitrogen functional groups attached to an aromatic ring is 1. The first-order valence-corrected chi connectivity index (χ1v) is 13.0. The van der Waals surface area contributed by atoms with E-state index in [0.717, 1.165) is 0 Å². The highest BCUT2D eigenvalue weighted by Gasteiger charge is 2.40. The molecule has 4 N–H and O–H groups in total. The van der Waals surface area contributed by atoms with Crippen LogP contribution in [0.2, 0.25) is 0 Å². The number of carbonyl (C=O) groups excluding carboxylic acids is 2. The van der Waals surface area contributed by atoms with E-state index in [1.54, 1.807) is 36.7 Å². The number of Topliss-reactive ketones (excluding diaryl/α,β-unsaturated/α-hetero) is 1. The molecule has 0 spiro atoms. The molecule has 3 heterocycles. The molecule has 0 atom stereocenters. The highest BCUT2D eigenvalue weighted by Crippen LogP contribution is 2.42. The van der Waals surface area contributed by atoms with Gasteiger partial charge in [-0.1, -0.05) is 6.07 Å². The molecule has 3 aromatic heterocycles. The van der Waals surface area contributed by atoms with Crippen molar-refractivity contribution in [3.05, 3.63) is 59.5 Å². The number of hydrogen-bond acceptors (Lipinski definition) is 10. The Hall–Kier alpha value is -4.35. The number of carbonyl (C=O) groups is 2. The van der Waals surface area contributed by atoms with Crippen LogP contribution in [-0.4, -0.2) is 62.4 Å². The summed E-state index contributed by atoms with van der Waals surface area (Å²) in [5.41, 5.74) is 8.79. The van der Waals surface area contributed by atoms with E-state index >= 15 is 0 Å². The Kier molecular flexibility index (Phi) is 7.26. The number of aliphatic hydroxyl groups is 2. The van der Waals surface area contributed by atoms with E-state index in [1.165, 1.54) is 25.7 Å². The van der Waals surface area contributed by atoms with Crippen molar-refractivity contribution in [2.24, 2.45) is 5.92 Å². The molecule has 11 nitrogen and oxygen atoms in total. The molecule has 1 aliphatic carbocycles. The first-order valence-electron chi connectivity index (χ1n) is 13.0. The largest absolute Gasteiger partial charge is 0.496 e. The van der Waals surface area contributed by atoms with Gasteiger partial charge in [0.1, 0.15) is 22.7 Å². The second-order valence-corrected chi connectivity index (χ2v) is 10.1. The Morgan fingerprint density at radius 2 is 1.85 bits per heavy atom. The van der Waals surface area contributed by atoms with Crippen molar-refractivity contribution < 1.29 is 29.3 Å². The minimum Gasteiger partial charge on any atom is -0.496 e. The van der Waals surface area contributed by atoms with Gasteiger partial charge in [-0.3, -0.25) is 9.78 Å². The SMILES string of the molecule is COC(=O)c1cc(-c2ccc(-c3cnn4c(N)c(C(C)=O)c([C@]5(O)CC[C@@H](CO)CC5)nc34)cn2)ccc1OC. The van der Waals surface area contributed by atoms with E-state index in [4.69, 9.17) is 20.2 Å². The van der Waals surface area contributed by atoms with Crippen LogP contribution in [0.4, 0.5) is 5.82 Å². The van der Waals surface area contributed by atoms with Crippen LogP contribution in [0.3, 0.4) is 0 Å². The smallest absolute Gasteiger partial charge is 0.341 e. The van der Waals surface area contributed by atoms with Gasteiger partial charge in [0.2, 0.25) is 0 Å². The van der Waals surface area contributed by atoms with E-state index in [1.807, 2.05) is 6.07 Å². The van der Waals surface area contributed by atoms with Crippen molar-refractivity contribution in [1.82, 2.24) is 19.6 Å². The number of ketones is 1. The average molecular weight is 546 g/mol. The Morgan fingerprint density at radius 1 is 1.12 bits per heavy atom. The Bertz CT molecular complexity index is 1590. The van der Waals surface area contributed by atoms with E-state index in [9.17, 15) is 19.8 Å². The number of aromatic nitrogens is 4. The first-order chi connectivity index (χ1) is 19.2. The third-order valence-electron chi connectivity index (χ3n) is 7.64. The molecule has 1 aromatic carbocycles. The van der Waals surface area contributed by atoms with Gasteiger partial charge < -0.3 is 25.4 Å². The van der Waals surface area contributed by atoms with Gasteiger partial charge >= 0.3 is 5.97 Å². The van der Waals surface area contributed by atoms with Crippen molar-refractivity contribution in [2.75, 3.05) is 26.6 Å². The van der Waals surface area contributed by atoms with Crippen molar-refractivity contribution in [3.8, 4) is 28.1 Å². The van der Waals surface area contributed by atoms with E-state index in [0.29, 0.717) is 59.5 Å². The first kappa shape index (κ1) is 27.2. The number of esters is 1. The van der Waals surface area contributed by atoms with Gasteiger partial charge in [-0.15, -0.1) is 0 Å². The number of rotatable bonds is 7. The number of aliphatic hydroxyl groups excluding tert-OH is 1. The summed E-state index contributed by atoms with van der Waals surface area (Å²) < 4.78 is 11.5. The minimum absolute atomic E-state index is 0.0561. The number of ether oxygens (including phenoxy) is 2. The van der Waals surface area contributed by atoms with Crippen LogP contribution >= 0.6 is 0 Å². The van der Waals surface area contributed by atoms with E-state index in [-0.39, 0.29) is 40.9 Å². The van der Waals surface area contributed by atoms with Crippen LogP contribution < -0.4 is 10.5 Å². The number of benzene rings is 1. The normalized spacial score (nSPS) is 19.0. The highest BCUT2D eigenvalue weighted by molar-refractivity contribution is 6.00. The van der Waals surface area contributed by atoms with Crippen LogP contribution in [0.5, 0.6) is 5.75 Å². The number of methoxy groups -OCH3 is 2. The van der Waals surface area contributed by atoms with Crippen molar-refractivity contribution in [2.45, 2.75) is 38.2 Å². The molecule has 0 bridgehead atoms. The molecule has 0 unspecified atom stereocenters. The van der Waals surface area contributed by atoms with E-state index < -0.39 is 11.6 Å². The molecule has 11 heteroatoms. The molecular formula is C29H31N5O6. The molecule has 0 amide bonds. The van der Waals surface area contributed by atoms with Gasteiger partial charge in [0.05, 0.1) is 37.4 Å². The predicted octanol–water partition coefficient (Wildman–Crippen LogP) is 3.41. The molecule has 1 aliphatic rings. The van der Waals surface area contributed by atoms with Crippen LogP contribution in [0, 0.1) is 5.92 Å². The lowest BCUT2D eigenvalue weighted by atomic mass is 9.76. The van der Waals surface area contributed by atoms with Gasteiger partial charge in [0, 0.05) is 29.5 Å². The van der Waals surface area contributed by atoms with Gasteiger partial charge in [0.15, 0.2) is 11.4 Å². The average Bonchev–Trinajstić information content (AvgIpc) is 3.41. The van der Waals surface area contributed by atoms with Gasteiger partial charge in [-0.25, -0.2) is 9.78 Å². The standard InChI is InChI=1S/C29H31N5O6/c1-16(36)24-25(29(38)10-8-17(15-35)9-11-29)33-27-21(14-32-34(27)26(24)30)19-4-6-22(31-13-19)18-5-7-23(39-2)20(12-18)28(37)40-3/h4-7,12-14,17,35,38H,8-11,15,30H2,1-3H3/t17-,29+. The van der Waals surface area contributed by atoms with Crippen molar-refractivity contribution in [1.29, 1.82) is 0 Å². The second kappa shape index (κ2) is 10.7. The van der Waals surface area contributed by atoms with Crippen LogP contribution in [0.15, 0.2) is 42.7 Å². The monoisotopic (exact) mass is 545 g/mol. The summed E-state index contributed by atoms with van der Waals surface area (Å²) in [7, 11) is 2.79.